The Bertz CT molecular complexity index is 310. The predicted molar refractivity (Wildman–Crippen MR) is 57.6 cm³/mol. The molecule has 0 aliphatic carbocycles. The topological polar surface area (TPSA) is 17.1 Å². The summed E-state index contributed by atoms with van der Waals surface area (Å²) < 4.78 is 0. The third-order valence-electron chi connectivity index (χ3n) is 2.25. The van der Waals surface area contributed by atoms with Crippen molar-refractivity contribution < 1.29 is 4.79 Å². The summed E-state index contributed by atoms with van der Waals surface area (Å²) in [5, 5.41) is 2.00. The highest BCUT2D eigenvalue weighted by Gasteiger charge is 2.16. The van der Waals surface area contributed by atoms with E-state index in [-0.39, 0.29) is 11.7 Å². The Morgan fingerprint density at radius 3 is 2.62 bits per heavy atom. The first-order valence-corrected chi connectivity index (χ1v) is 5.57. The summed E-state index contributed by atoms with van der Waals surface area (Å²) in [6.45, 7) is 8.09. The van der Waals surface area contributed by atoms with E-state index in [9.17, 15) is 4.79 Å². The van der Waals surface area contributed by atoms with Crippen LogP contribution in [0.25, 0.3) is 0 Å². The van der Waals surface area contributed by atoms with Crippen LogP contribution >= 0.6 is 11.3 Å². The van der Waals surface area contributed by atoms with Crippen LogP contribution < -0.4 is 0 Å². The Labute approximate surface area is 83.8 Å². The molecule has 0 spiro atoms. The molecule has 0 aromatic carbocycles. The molecule has 0 radical (unpaired) electrons. The van der Waals surface area contributed by atoms with Gasteiger partial charge in [-0.05, 0) is 18.9 Å². The number of ketones is 1. The molecule has 1 aromatic rings. The van der Waals surface area contributed by atoms with E-state index in [1.807, 2.05) is 19.2 Å². The summed E-state index contributed by atoms with van der Waals surface area (Å²) in [6.07, 6.45) is 0.961. The number of hydrogen-bond acceptors (Lipinski definition) is 2. The fraction of sp³-hybridized carbons (Fsp3) is 0.545. The monoisotopic (exact) mass is 196 g/mol. The number of Topliss-reactive ketones (excluding diaryl/α,β-unsaturated/α-hetero) is 1. The van der Waals surface area contributed by atoms with E-state index in [0.717, 1.165) is 12.0 Å². The van der Waals surface area contributed by atoms with Gasteiger partial charge in [-0.25, -0.2) is 0 Å². The van der Waals surface area contributed by atoms with E-state index >= 15 is 0 Å². The van der Waals surface area contributed by atoms with Crippen molar-refractivity contribution in [2.45, 2.75) is 34.1 Å². The van der Waals surface area contributed by atoms with Crippen LogP contribution in [0.5, 0.6) is 0 Å². The Kier molecular flexibility index (Phi) is 3.26. The lowest BCUT2D eigenvalue weighted by molar-refractivity contribution is 0.0939. The maximum Gasteiger partial charge on any atom is 0.166 e. The highest BCUT2D eigenvalue weighted by molar-refractivity contribution is 7.10. The van der Waals surface area contributed by atoms with Gasteiger partial charge in [0.25, 0.3) is 0 Å². The van der Waals surface area contributed by atoms with E-state index in [0.29, 0.717) is 0 Å². The van der Waals surface area contributed by atoms with Gasteiger partial charge in [-0.15, -0.1) is 11.3 Å². The average molecular weight is 196 g/mol. The van der Waals surface area contributed by atoms with Crippen molar-refractivity contribution in [3.8, 4) is 0 Å². The molecule has 0 aliphatic heterocycles. The minimum atomic E-state index is 0.110. The van der Waals surface area contributed by atoms with Crippen LogP contribution in [-0.4, -0.2) is 5.78 Å². The predicted octanol–water partition coefficient (Wildman–Crippen LogP) is 3.46. The molecule has 0 saturated heterocycles. The lowest BCUT2D eigenvalue weighted by atomic mass is 9.98. The molecule has 13 heavy (non-hydrogen) atoms. The first-order valence-electron chi connectivity index (χ1n) is 4.69. The van der Waals surface area contributed by atoms with Crippen molar-refractivity contribution in [2.75, 3.05) is 0 Å². The summed E-state index contributed by atoms with van der Waals surface area (Å²) in [6, 6.07) is 0. The maximum absolute atomic E-state index is 11.7. The van der Waals surface area contributed by atoms with Crippen molar-refractivity contribution in [2.24, 2.45) is 5.92 Å². The molecule has 0 fully saturated rings. The summed E-state index contributed by atoms with van der Waals surface area (Å²) in [5.74, 6) is 0.389. The van der Waals surface area contributed by atoms with Gasteiger partial charge in [-0.2, -0.15) is 0 Å². The molecule has 1 rings (SSSR count). The average Bonchev–Trinajstić information content (AvgIpc) is 2.45. The van der Waals surface area contributed by atoms with Crippen molar-refractivity contribution in [3.05, 3.63) is 21.4 Å². The van der Waals surface area contributed by atoms with Crippen molar-refractivity contribution in [1.29, 1.82) is 0 Å². The van der Waals surface area contributed by atoms with Gasteiger partial charge in [0, 0.05) is 21.7 Å². The summed E-state index contributed by atoms with van der Waals surface area (Å²) in [4.78, 5) is 13.0. The molecule has 0 atom stereocenters. The van der Waals surface area contributed by atoms with Gasteiger partial charge < -0.3 is 0 Å². The molecule has 2 heteroatoms. The highest BCUT2D eigenvalue weighted by atomic mass is 32.1. The SMILES string of the molecule is CCc1c(C(=O)C(C)C)csc1C. The van der Waals surface area contributed by atoms with Gasteiger partial charge >= 0.3 is 0 Å². The van der Waals surface area contributed by atoms with Crippen LogP contribution in [0, 0.1) is 12.8 Å². The second kappa shape index (κ2) is 4.05. The quantitative estimate of drug-likeness (QED) is 0.677. The lowest BCUT2D eigenvalue weighted by Gasteiger charge is -2.04. The molecule has 0 amide bonds. The van der Waals surface area contributed by atoms with Gasteiger partial charge in [0.05, 0.1) is 0 Å². The van der Waals surface area contributed by atoms with E-state index in [1.54, 1.807) is 11.3 Å². The highest BCUT2D eigenvalue weighted by Crippen LogP contribution is 2.24. The number of aryl methyl sites for hydroxylation is 1. The molecule has 1 aromatic heterocycles. The number of carbonyl (C=O) groups excluding carboxylic acids is 1. The van der Waals surface area contributed by atoms with Gasteiger partial charge in [0.15, 0.2) is 5.78 Å². The van der Waals surface area contributed by atoms with Crippen LogP contribution in [-0.2, 0) is 6.42 Å². The first-order chi connectivity index (χ1) is 6.07. The van der Waals surface area contributed by atoms with E-state index < -0.39 is 0 Å². The third-order valence-corrected chi connectivity index (χ3v) is 3.20. The van der Waals surface area contributed by atoms with Crippen LogP contribution in [0.4, 0.5) is 0 Å². The summed E-state index contributed by atoms with van der Waals surface area (Å²) in [5.41, 5.74) is 2.18. The van der Waals surface area contributed by atoms with E-state index in [2.05, 4.69) is 13.8 Å². The van der Waals surface area contributed by atoms with E-state index in [4.69, 9.17) is 0 Å². The van der Waals surface area contributed by atoms with Crippen molar-refractivity contribution in [1.82, 2.24) is 0 Å². The molecular weight excluding hydrogens is 180 g/mol. The van der Waals surface area contributed by atoms with Crippen LogP contribution in [0.1, 0.15) is 41.6 Å². The zero-order valence-corrected chi connectivity index (χ0v) is 9.49. The fourth-order valence-electron chi connectivity index (χ4n) is 1.44. The summed E-state index contributed by atoms with van der Waals surface area (Å²) in [7, 11) is 0. The Morgan fingerprint density at radius 1 is 1.54 bits per heavy atom. The maximum atomic E-state index is 11.7. The molecule has 1 heterocycles. The Hall–Kier alpha value is -0.630. The molecule has 72 valence electrons. The van der Waals surface area contributed by atoms with Crippen LogP contribution in [0.15, 0.2) is 5.38 Å². The fourth-order valence-corrected chi connectivity index (χ4v) is 2.39. The van der Waals surface area contributed by atoms with Gasteiger partial charge in [-0.3, -0.25) is 4.79 Å². The van der Waals surface area contributed by atoms with E-state index in [1.165, 1.54) is 10.4 Å². The van der Waals surface area contributed by atoms with Gasteiger partial charge in [0.2, 0.25) is 0 Å². The van der Waals surface area contributed by atoms with Crippen LogP contribution in [0.3, 0.4) is 0 Å². The van der Waals surface area contributed by atoms with Crippen molar-refractivity contribution >= 4 is 17.1 Å². The minimum absolute atomic E-state index is 0.110. The second-order valence-corrected chi connectivity index (χ2v) is 4.64. The molecular formula is C11H16OS. The zero-order chi connectivity index (χ0) is 10.0. The smallest absolute Gasteiger partial charge is 0.166 e. The van der Waals surface area contributed by atoms with Crippen molar-refractivity contribution in [3.63, 3.8) is 0 Å². The molecule has 0 N–H and O–H groups in total. The molecule has 0 saturated carbocycles. The number of hydrogen-bond donors (Lipinski definition) is 0. The zero-order valence-electron chi connectivity index (χ0n) is 8.68. The van der Waals surface area contributed by atoms with Gasteiger partial charge in [0.1, 0.15) is 0 Å². The van der Waals surface area contributed by atoms with Crippen LogP contribution in [0.2, 0.25) is 0 Å². The van der Waals surface area contributed by atoms with Gasteiger partial charge in [-0.1, -0.05) is 20.8 Å². The first kappa shape index (κ1) is 10.5. The molecule has 1 nitrogen and oxygen atoms in total. The largest absolute Gasteiger partial charge is 0.294 e. The normalized spacial score (nSPS) is 10.8. The molecule has 0 bridgehead atoms. The number of thiophene rings is 1. The molecule has 0 aliphatic rings. The Morgan fingerprint density at radius 2 is 2.15 bits per heavy atom. The minimum Gasteiger partial charge on any atom is -0.294 e. The summed E-state index contributed by atoms with van der Waals surface area (Å²) >= 11 is 1.68. The number of carbonyl (C=O) groups is 1. The third kappa shape index (κ3) is 1.99. The second-order valence-electron chi connectivity index (χ2n) is 3.56. The standard InChI is InChI=1S/C11H16OS/c1-5-9-8(4)13-6-10(9)11(12)7(2)3/h6-7H,5H2,1-4H3. The Balaban J connectivity index is 3.07. The number of rotatable bonds is 3. The lowest BCUT2D eigenvalue weighted by Crippen LogP contribution is -2.08. The molecule has 0 unspecified atom stereocenters.